The number of hydrogen-bond acceptors (Lipinski definition) is 3. The van der Waals surface area contributed by atoms with Crippen LogP contribution in [0.2, 0.25) is 5.02 Å². The quantitative estimate of drug-likeness (QED) is 0.728. The third-order valence-corrected chi connectivity index (χ3v) is 4.31. The second-order valence-electron chi connectivity index (χ2n) is 5.26. The van der Waals surface area contributed by atoms with Crippen LogP contribution in [0.5, 0.6) is 0 Å². The van der Waals surface area contributed by atoms with Gasteiger partial charge in [-0.1, -0.05) is 53.6 Å². The van der Waals surface area contributed by atoms with E-state index in [-0.39, 0.29) is 5.91 Å². The number of thiazole rings is 1. The van der Waals surface area contributed by atoms with E-state index in [0.29, 0.717) is 16.6 Å². The zero-order valence-electron chi connectivity index (χ0n) is 12.5. The smallest absolute Gasteiger partial charge is 0.230 e. The van der Waals surface area contributed by atoms with E-state index in [1.807, 2.05) is 60.8 Å². The molecule has 0 aliphatic carbocycles. The Kier molecular flexibility index (Phi) is 4.74. The van der Waals surface area contributed by atoms with Gasteiger partial charge in [0.05, 0.1) is 12.1 Å². The number of rotatable bonds is 4. The molecule has 2 aromatic carbocycles. The van der Waals surface area contributed by atoms with E-state index in [1.54, 1.807) is 0 Å². The minimum absolute atomic E-state index is 0.0670. The molecular weight excluding hydrogens is 328 g/mol. The SMILES string of the molecule is Cc1cccc(CC(=O)Nc2nc(-c3cccc(Cl)c3)cs2)c1. The Morgan fingerprint density at radius 3 is 2.83 bits per heavy atom. The molecule has 0 spiro atoms. The van der Waals surface area contributed by atoms with Crippen molar-refractivity contribution in [2.45, 2.75) is 13.3 Å². The number of nitrogens with one attached hydrogen (secondary N) is 1. The van der Waals surface area contributed by atoms with Gasteiger partial charge in [0.1, 0.15) is 0 Å². The predicted molar refractivity (Wildman–Crippen MR) is 96.1 cm³/mol. The van der Waals surface area contributed by atoms with Crippen LogP contribution in [0.15, 0.2) is 53.9 Å². The lowest BCUT2D eigenvalue weighted by Crippen LogP contribution is -2.14. The fraction of sp³-hybridized carbons (Fsp3) is 0.111. The maximum atomic E-state index is 12.1. The molecule has 0 saturated heterocycles. The molecule has 1 heterocycles. The van der Waals surface area contributed by atoms with Gasteiger partial charge >= 0.3 is 0 Å². The molecule has 116 valence electrons. The van der Waals surface area contributed by atoms with Crippen LogP contribution in [0.1, 0.15) is 11.1 Å². The van der Waals surface area contributed by atoms with E-state index in [2.05, 4.69) is 10.3 Å². The third-order valence-electron chi connectivity index (χ3n) is 3.32. The van der Waals surface area contributed by atoms with E-state index in [1.165, 1.54) is 11.3 Å². The Morgan fingerprint density at radius 2 is 2.04 bits per heavy atom. The molecule has 23 heavy (non-hydrogen) atoms. The van der Waals surface area contributed by atoms with Gasteiger partial charge in [-0.3, -0.25) is 4.79 Å². The van der Waals surface area contributed by atoms with Gasteiger partial charge < -0.3 is 5.32 Å². The van der Waals surface area contributed by atoms with Crippen LogP contribution in [0.3, 0.4) is 0 Å². The third kappa shape index (κ3) is 4.18. The van der Waals surface area contributed by atoms with Gasteiger partial charge in [0.2, 0.25) is 5.91 Å². The summed E-state index contributed by atoms with van der Waals surface area (Å²) in [5.41, 5.74) is 3.89. The van der Waals surface area contributed by atoms with Crippen LogP contribution >= 0.6 is 22.9 Å². The first-order valence-corrected chi connectivity index (χ1v) is 8.43. The number of carbonyl (C=O) groups excluding carboxylic acids is 1. The molecule has 1 N–H and O–H groups in total. The molecule has 3 aromatic rings. The maximum Gasteiger partial charge on any atom is 0.230 e. The molecule has 0 saturated carbocycles. The van der Waals surface area contributed by atoms with Crippen molar-refractivity contribution in [3.05, 3.63) is 70.1 Å². The zero-order valence-corrected chi connectivity index (χ0v) is 14.1. The summed E-state index contributed by atoms with van der Waals surface area (Å²) < 4.78 is 0. The van der Waals surface area contributed by atoms with Crippen LogP contribution in [0, 0.1) is 6.92 Å². The van der Waals surface area contributed by atoms with Crippen LogP contribution < -0.4 is 5.32 Å². The van der Waals surface area contributed by atoms with Crippen LogP contribution in [0.25, 0.3) is 11.3 Å². The van der Waals surface area contributed by atoms with Gasteiger partial charge in [-0.05, 0) is 24.6 Å². The highest BCUT2D eigenvalue weighted by molar-refractivity contribution is 7.14. The average Bonchev–Trinajstić information content (AvgIpc) is 2.95. The van der Waals surface area contributed by atoms with Gasteiger partial charge in [-0.15, -0.1) is 11.3 Å². The molecule has 1 amide bonds. The fourth-order valence-corrected chi connectivity index (χ4v) is 3.21. The number of nitrogens with zero attached hydrogens (tertiary/aromatic N) is 1. The molecule has 0 aliphatic heterocycles. The number of carbonyl (C=O) groups is 1. The number of anilines is 1. The number of aromatic nitrogens is 1. The molecule has 3 rings (SSSR count). The summed E-state index contributed by atoms with van der Waals surface area (Å²) >= 11 is 7.40. The highest BCUT2D eigenvalue weighted by Gasteiger charge is 2.09. The monoisotopic (exact) mass is 342 g/mol. The number of halogens is 1. The number of hydrogen-bond donors (Lipinski definition) is 1. The van der Waals surface area contributed by atoms with Crippen molar-refractivity contribution in [1.82, 2.24) is 4.98 Å². The number of amides is 1. The average molecular weight is 343 g/mol. The van der Waals surface area contributed by atoms with E-state index in [9.17, 15) is 4.79 Å². The van der Waals surface area contributed by atoms with Crippen LogP contribution in [0.4, 0.5) is 5.13 Å². The minimum atomic E-state index is -0.0670. The molecule has 0 unspecified atom stereocenters. The highest BCUT2D eigenvalue weighted by Crippen LogP contribution is 2.26. The lowest BCUT2D eigenvalue weighted by atomic mass is 10.1. The van der Waals surface area contributed by atoms with Gasteiger partial charge in [0, 0.05) is 16.0 Å². The second kappa shape index (κ2) is 6.94. The van der Waals surface area contributed by atoms with Crippen molar-refractivity contribution < 1.29 is 4.79 Å². The molecule has 0 radical (unpaired) electrons. The summed E-state index contributed by atoms with van der Waals surface area (Å²) in [7, 11) is 0. The van der Waals surface area contributed by atoms with Crippen LogP contribution in [-0.2, 0) is 11.2 Å². The zero-order chi connectivity index (χ0) is 16.2. The topological polar surface area (TPSA) is 42.0 Å². The standard InChI is InChI=1S/C18H15ClN2OS/c1-12-4-2-5-13(8-12)9-17(22)21-18-20-16(11-23-18)14-6-3-7-15(19)10-14/h2-8,10-11H,9H2,1H3,(H,20,21,22). The van der Waals surface area contributed by atoms with Crippen molar-refractivity contribution in [1.29, 1.82) is 0 Å². The van der Waals surface area contributed by atoms with Gasteiger partial charge in [-0.2, -0.15) is 0 Å². The number of aryl methyl sites for hydroxylation is 1. The Bertz CT molecular complexity index is 844. The summed E-state index contributed by atoms with van der Waals surface area (Å²) in [6.07, 6.45) is 0.341. The molecule has 0 aliphatic rings. The summed E-state index contributed by atoms with van der Waals surface area (Å²) in [6, 6.07) is 15.4. The summed E-state index contributed by atoms with van der Waals surface area (Å²) in [6.45, 7) is 2.01. The molecule has 0 atom stereocenters. The molecule has 0 fully saturated rings. The summed E-state index contributed by atoms with van der Waals surface area (Å²) in [4.78, 5) is 16.6. The van der Waals surface area contributed by atoms with Gasteiger partial charge in [0.15, 0.2) is 5.13 Å². The van der Waals surface area contributed by atoms with E-state index in [0.717, 1.165) is 22.4 Å². The van der Waals surface area contributed by atoms with Crippen molar-refractivity contribution in [2.75, 3.05) is 5.32 Å². The summed E-state index contributed by atoms with van der Waals surface area (Å²) in [5, 5.41) is 6.02. The van der Waals surface area contributed by atoms with Crippen molar-refractivity contribution in [3.8, 4) is 11.3 Å². The second-order valence-corrected chi connectivity index (χ2v) is 6.56. The highest BCUT2D eigenvalue weighted by atomic mass is 35.5. The van der Waals surface area contributed by atoms with E-state index < -0.39 is 0 Å². The fourth-order valence-electron chi connectivity index (χ4n) is 2.28. The summed E-state index contributed by atoms with van der Waals surface area (Å²) in [5.74, 6) is -0.0670. The molecule has 0 bridgehead atoms. The number of benzene rings is 2. The normalized spacial score (nSPS) is 10.5. The van der Waals surface area contributed by atoms with Crippen LogP contribution in [-0.4, -0.2) is 10.9 Å². The predicted octanol–water partition coefficient (Wildman–Crippen LogP) is 4.95. The van der Waals surface area contributed by atoms with E-state index in [4.69, 9.17) is 11.6 Å². The first-order valence-electron chi connectivity index (χ1n) is 7.17. The Balaban J connectivity index is 1.68. The Labute approximate surface area is 144 Å². The first-order chi connectivity index (χ1) is 11.1. The van der Waals surface area contributed by atoms with Crippen molar-refractivity contribution in [3.63, 3.8) is 0 Å². The lowest BCUT2D eigenvalue weighted by Gasteiger charge is -2.03. The van der Waals surface area contributed by atoms with E-state index >= 15 is 0 Å². The Hall–Kier alpha value is -2.17. The molecular formula is C18H15ClN2OS. The largest absolute Gasteiger partial charge is 0.302 e. The maximum absolute atomic E-state index is 12.1. The Morgan fingerprint density at radius 1 is 1.22 bits per heavy atom. The van der Waals surface area contributed by atoms with Gasteiger partial charge in [-0.25, -0.2) is 4.98 Å². The minimum Gasteiger partial charge on any atom is -0.302 e. The molecule has 1 aromatic heterocycles. The molecule has 3 nitrogen and oxygen atoms in total. The van der Waals surface area contributed by atoms with Gasteiger partial charge in [0.25, 0.3) is 0 Å². The van der Waals surface area contributed by atoms with Crippen molar-refractivity contribution in [2.24, 2.45) is 0 Å². The molecule has 5 heteroatoms. The van der Waals surface area contributed by atoms with Crippen molar-refractivity contribution >= 4 is 34.0 Å². The first kappa shape index (κ1) is 15.7. The lowest BCUT2D eigenvalue weighted by molar-refractivity contribution is -0.115.